The van der Waals surface area contributed by atoms with Crippen molar-refractivity contribution in [2.75, 3.05) is 19.7 Å². The minimum absolute atomic E-state index is 0.135. The first-order valence-corrected chi connectivity index (χ1v) is 6.91. The Hall–Kier alpha value is -0.570. The smallest absolute Gasteiger partial charge is 0.225 e. The Labute approximate surface area is 106 Å². The second-order valence-electron chi connectivity index (χ2n) is 5.63. The van der Waals surface area contributed by atoms with Gasteiger partial charge in [0.05, 0.1) is 6.10 Å². The monoisotopic (exact) mass is 241 g/mol. The maximum absolute atomic E-state index is 11.8. The molecule has 0 aromatic carbocycles. The number of amides is 1. The molecule has 1 aliphatic heterocycles. The molecule has 3 heteroatoms. The molecular weight excluding hydrogens is 214 g/mol. The minimum atomic E-state index is 0.135. The van der Waals surface area contributed by atoms with Crippen LogP contribution in [0.15, 0.2) is 0 Å². The first-order chi connectivity index (χ1) is 8.00. The van der Waals surface area contributed by atoms with E-state index in [0.717, 1.165) is 44.9 Å². The number of nitrogens with zero attached hydrogens (tertiary/aromatic N) is 1. The average Bonchev–Trinajstić information content (AvgIpc) is 2.28. The van der Waals surface area contributed by atoms with E-state index in [2.05, 4.69) is 13.8 Å². The van der Waals surface area contributed by atoms with Gasteiger partial charge in [-0.15, -0.1) is 0 Å². The third kappa shape index (κ3) is 5.07. The number of piperidine rings is 1. The Morgan fingerprint density at radius 1 is 1.24 bits per heavy atom. The van der Waals surface area contributed by atoms with E-state index in [1.54, 1.807) is 0 Å². The van der Waals surface area contributed by atoms with Crippen LogP contribution in [0.3, 0.4) is 0 Å². The Kier molecular flexibility index (Phi) is 5.96. The van der Waals surface area contributed by atoms with Crippen LogP contribution < -0.4 is 0 Å². The van der Waals surface area contributed by atoms with Gasteiger partial charge in [-0.05, 0) is 39.0 Å². The molecule has 0 aromatic heterocycles. The van der Waals surface area contributed by atoms with Gasteiger partial charge in [0, 0.05) is 25.6 Å². The van der Waals surface area contributed by atoms with Gasteiger partial charge in [0.1, 0.15) is 0 Å². The molecule has 0 unspecified atom stereocenters. The third-order valence-corrected chi connectivity index (χ3v) is 3.40. The van der Waals surface area contributed by atoms with E-state index in [9.17, 15) is 4.79 Å². The average molecular weight is 241 g/mol. The van der Waals surface area contributed by atoms with Gasteiger partial charge in [0.2, 0.25) is 5.91 Å². The summed E-state index contributed by atoms with van der Waals surface area (Å²) in [6.07, 6.45) is 3.75. The van der Waals surface area contributed by atoms with Crippen molar-refractivity contribution in [3.8, 4) is 0 Å². The van der Waals surface area contributed by atoms with Gasteiger partial charge in [0.15, 0.2) is 0 Å². The van der Waals surface area contributed by atoms with Crippen LogP contribution in [0, 0.1) is 11.8 Å². The molecule has 0 spiro atoms. The zero-order valence-corrected chi connectivity index (χ0v) is 11.7. The Morgan fingerprint density at radius 3 is 2.29 bits per heavy atom. The summed E-state index contributed by atoms with van der Waals surface area (Å²) in [5.41, 5.74) is 0. The first kappa shape index (κ1) is 14.5. The maximum atomic E-state index is 11.8. The van der Waals surface area contributed by atoms with Gasteiger partial charge in [-0.2, -0.15) is 0 Å². The lowest BCUT2D eigenvalue weighted by atomic mass is 9.93. The van der Waals surface area contributed by atoms with Crippen molar-refractivity contribution in [3.63, 3.8) is 0 Å². The predicted octanol–water partition coefficient (Wildman–Crippen LogP) is 2.70. The lowest BCUT2D eigenvalue weighted by Gasteiger charge is -2.33. The van der Waals surface area contributed by atoms with Gasteiger partial charge in [-0.25, -0.2) is 0 Å². The van der Waals surface area contributed by atoms with Crippen LogP contribution in [0.25, 0.3) is 0 Å². The van der Waals surface area contributed by atoms with Gasteiger partial charge >= 0.3 is 0 Å². The lowest BCUT2D eigenvalue weighted by Crippen LogP contribution is -2.40. The Bertz CT molecular complexity index is 230. The molecule has 1 saturated heterocycles. The summed E-state index contributed by atoms with van der Waals surface area (Å²) in [5.74, 6) is 1.18. The summed E-state index contributed by atoms with van der Waals surface area (Å²) in [6.45, 7) is 10.8. The highest BCUT2D eigenvalue weighted by atomic mass is 16.5. The van der Waals surface area contributed by atoms with Crippen molar-refractivity contribution >= 4 is 5.91 Å². The number of ether oxygens (including phenoxy) is 1. The topological polar surface area (TPSA) is 29.5 Å². The van der Waals surface area contributed by atoms with E-state index >= 15 is 0 Å². The number of hydrogen-bond donors (Lipinski definition) is 0. The van der Waals surface area contributed by atoms with Gasteiger partial charge < -0.3 is 9.64 Å². The van der Waals surface area contributed by atoms with Crippen molar-refractivity contribution in [2.45, 2.75) is 53.1 Å². The second-order valence-corrected chi connectivity index (χ2v) is 5.63. The van der Waals surface area contributed by atoms with Crippen molar-refractivity contribution in [3.05, 3.63) is 0 Å². The lowest BCUT2D eigenvalue weighted by molar-refractivity contribution is -0.135. The molecule has 1 amide bonds. The quantitative estimate of drug-likeness (QED) is 0.740. The molecule has 1 heterocycles. The zero-order chi connectivity index (χ0) is 12.8. The number of likely N-dealkylation sites (tertiary alicyclic amines) is 1. The fourth-order valence-electron chi connectivity index (χ4n) is 2.28. The van der Waals surface area contributed by atoms with E-state index in [4.69, 9.17) is 4.74 Å². The highest BCUT2D eigenvalue weighted by molar-refractivity contribution is 5.78. The molecule has 0 aromatic rings. The molecule has 0 N–H and O–H groups in total. The van der Waals surface area contributed by atoms with Crippen LogP contribution in [0.1, 0.15) is 47.0 Å². The number of rotatable bonds is 5. The molecular formula is C14H27NO2. The number of carbonyl (C=O) groups excluding carboxylic acids is 1. The van der Waals surface area contributed by atoms with Crippen LogP contribution in [0.2, 0.25) is 0 Å². The molecule has 1 aliphatic rings. The van der Waals surface area contributed by atoms with Crippen LogP contribution >= 0.6 is 0 Å². The van der Waals surface area contributed by atoms with E-state index in [0.29, 0.717) is 12.0 Å². The first-order valence-electron chi connectivity index (χ1n) is 6.91. The second kappa shape index (κ2) is 7.00. The van der Waals surface area contributed by atoms with Crippen molar-refractivity contribution in [1.29, 1.82) is 0 Å². The minimum Gasteiger partial charge on any atom is -0.379 e. The fraction of sp³-hybridized carbons (Fsp3) is 0.929. The third-order valence-electron chi connectivity index (χ3n) is 3.40. The summed E-state index contributed by atoms with van der Waals surface area (Å²) in [7, 11) is 0. The van der Waals surface area contributed by atoms with E-state index in [1.165, 1.54) is 0 Å². The van der Waals surface area contributed by atoms with E-state index < -0.39 is 0 Å². The summed E-state index contributed by atoms with van der Waals surface area (Å²) >= 11 is 0. The summed E-state index contributed by atoms with van der Waals surface area (Å²) in [4.78, 5) is 13.8. The number of carbonyl (C=O) groups is 1. The highest BCUT2D eigenvalue weighted by Gasteiger charge is 2.23. The molecule has 100 valence electrons. The molecule has 0 saturated carbocycles. The van der Waals surface area contributed by atoms with Crippen molar-refractivity contribution in [1.82, 2.24) is 4.90 Å². The normalized spacial score (nSPS) is 18.1. The summed E-state index contributed by atoms with van der Waals surface area (Å²) in [5, 5.41) is 0. The van der Waals surface area contributed by atoms with E-state index in [-0.39, 0.29) is 5.92 Å². The molecule has 0 radical (unpaired) electrons. The summed E-state index contributed by atoms with van der Waals surface area (Å²) < 4.78 is 5.58. The Morgan fingerprint density at radius 2 is 1.82 bits per heavy atom. The molecule has 1 fully saturated rings. The fourth-order valence-corrected chi connectivity index (χ4v) is 2.28. The molecule has 0 aliphatic carbocycles. The van der Waals surface area contributed by atoms with E-state index in [1.807, 2.05) is 18.7 Å². The zero-order valence-electron chi connectivity index (χ0n) is 11.7. The summed E-state index contributed by atoms with van der Waals surface area (Å²) in [6, 6.07) is 0. The van der Waals surface area contributed by atoms with Crippen LogP contribution in [0.5, 0.6) is 0 Å². The molecule has 0 atom stereocenters. The largest absolute Gasteiger partial charge is 0.379 e. The molecule has 1 rings (SSSR count). The van der Waals surface area contributed by atoms with Crippen LogP contribution in [-0.2, 0) is 9.53 Å². The highest BCUT2D eigenvalue weighted by Crippen LogP contribution is 2.21. The predicted molar refractivity (Wildman–Crippen MR) is 69.8 cm³/mol. The van der Waals surface area contributed by atoms with Gasteiger partial charge in [-0.3, -0.25) is 4.79 Å². The van der Waals surface area contributed by atoms with Crippen LogP contribution in [0.4, 0.5) is 0 Å². The Balaban J connectivity index is 2.19. The molecule has 17 heavy (non-hydrogen) atoms. The SMILES string of the molecule is CC(C)OCCC1CCN(C(=O)C(C)C)CC1. The van der Waals surface area contributed by atoms with Gasteiger partial charge in [-0.1, -0.05) is 13.8 Å². The van der Waals surface area contributed by atoms with Gasteiger partial charge in [0.25, 0.3) is 0 Å². The standard InChI is InChI=1S/C14H27NO2/c1-11(2)14(16)15-8-5-13(6-9-15)7-10-17-12(3)4/h11-13H,5-10H2,1-4H3. The number of hydrogen-bond acceptors (Lipinski definition) is 2. The van der Waals surface area contributed by atoms with Crippen molar-refractivity contribution < 1.29 is 9.53 Å². The molecule has 3 nitrogen and oxygen atoms in total. The maximum Gasteiger partial charge on any atom is 0.225 e. The van der Waals surface area contributed by atoms with Crippen molar-refractivity contribution in [2.24, 2.45) is 11.8 Å². The van der Waals surface area contributed by atoms with Crippen LogP contribution in [-0.4, -0.2) is 36.6 Å². The molecule has 0 bridgehead atoms.